The van der Waals surface area contributed by atoms with Crippen LogP contribution in [0.25, 0.3) is 0 Å². The zero-order valence-corrected chi connectivity index (χ0v) is 12.7. The van der Waals surface area contributed by atoms with Crippen LogP contribution in [0.2, 0.25) is 0 Å². The predicted molar refractivity (Wildman–Crippen MR) is 80.2 cm³/mol. The van der Waals surface area contributed by atoms with Gasteiger partial charge in [0.15, 0.2) is 9.84 Å². The molecule has 0 aromatic heterocycles. The molecule has 1 aromatic rings. The monoisotopic (exact) mass is 294 g/mol. The molecule has 0 spiro atoms. The Balaban J connectivity index is 2.36. The molecule has 0 aliphatic carbocycles. The summed E-state index contributed by atoms with van der Waals surface area (Å²) >= 11 is 0. The van der Waals surface area contributed by atoms with Gasteiger partial charge in [-0.15, -0.1) is 0 Å². The van der Waals surface area contributed by atoms with Gasteiger partial charge in [0.1, 0.15) is 0 Å². The van der Waals surface area contributed by atoms with E-state index in [1.807, 2.05) is 6.07 Å². The fourth-order valence-corrected chi connectivity index (χ4v) is 3.06. The molecule has 0 radical (unpaired) electrons. The average molecular weight is 294 g/mol. The van der Waals surface area contributed by atoms with Crippen LogP contribution in [0.4, 0.5) is 0 Å². The Morgan fingerprint density at radius 3 is 2.40 bits per heavy atom. The molecule has 1 rings (SSSR count). The van der Waals surface area contributed by atoms with Crippen LogP contribution in [-0.2, 0) is 9.84 Å². The van der Waals surface area contributed by atoms with E-state index >= 15 is 0 Å². The van der Waals surface area contributed by atoms with Gasteiger partial charge >= 0.3 is 0 Å². The number of hydrogen-bond donors (Lipinski definition) is 1. The van der Waals surface area contributed by atoms with Crippen molar-refractivity contribution in [3.63, 3.8) is 0 Å². The Morgan fingerprint density at radius 1 is 1.10 bits per heavy atom. The maximum Gasteiger partial charge on any atom is 0.179 e. The average Bonchev–Trinajstić information content (AvgIpc) is 2.46. The number of sulfone groups is 1. The van der Waals surface area contributed by atoms with Crippen molar-refractivity contribution in [2.45, 2.75) is 37.5 Å². The van der Waals surface area contributed by atoms with Crippen molar-refractivity contribution < 1.29 is 8.42 Å². The van der Waals surface area contributed by atoms with E-state index in [2.05, 4.69) is 12.2 Å². The topological polar surface area (TPSA) is 70.0 Å². The third kappa shape index (κ3) is 5.72. The molecule has 110 valence electrons. The number of hydrogen-bond acceptors (Lipinski definition) is 4. The lowest BCUT2D eigenvalue weighted by molar-refractivity contribution is 0.583. The minimum absolute atomic E-state index is 0.0900. The Kier molecular flexibility index (Phi) is 7.27. The Labute approximate surface area is 121 Å². The fraction of sp³-hybridized carbons (Fsp3) is 0.533. The van der Waals surface area contributed by atoms with Gasteiger partial charge in [0.25, 0.3) is 0 Å². The van der Waals surface area contributed by atoms with Gasteiger partial charge < -0.3 is 5.32 Å². The van der Waals surface area contributed by atoms with Crippen LogP contribution in [0.3, 0.4) is 0 Å². The Morgan fingerprint density at radius 2 is 1.80 bits per heavy atom. The maximum absolute atomic E-state index is 12.0. The molecule has 0 saturated carbocycles. The summed E-state index contributed by atoms with van der Waals surface area (Å²) in [6.45, 7) is 3.49. The molecule has 0 saturated heterocycles. The molecule has 0 aliphatic rings. The van der Waals surface area contributed by atoms with Crippen molar-refractivity contribution in [1.82, 2.24) is 5.32 Å². The predicted octanol–water partition coefficient (Wildman–Crippen LogP) is 2.50. The zero-order valence-electron chi connectivity index (χ0n) is 11.9. The molecule has 0 atom stereocenters. The highest BCUT2D eigenvalue weighted by molar-refractivity contribution is 7.91. The minimum Gasteiger partial charge on any atom is -0.316 e. The molecule has 20 heavy (non-hydrogen) atoms. The molecule has 0 bridgehead atoms. The van der Waals surface area contributed by atoms with Crippen molar-refractivity contribution in [1.29, 1.82) is 5.26 Å². The molecule has 1 aromatic carbocycles. The minimum atomic E-state index is -3.25. The lowest BCUT2D eigenvalue weighted by atomic mass is 10.2. The normalized spacial score (nSPS) is 11.2. The van der Waals surface area contributed by atoms with Gasteiger partial charge in [-0.3, -0.25) is 0 Å². The highest BCUT2D eigenvalue weighted by atomic mass is 32.2. The molecule has 0 unspecified atom stereocenters. The molecule has 1 N–H and O–H groups in total. The molecule has 0 heterocycles. The summed E-state index contributed by atoms with van der Waals surface area (Å²) in [7, 11) is -3.25. The first-order valence-corrected chi connectivity index (χ1v) is 8.69. The van der Waals surface area contributed by atoms with Gasteiger partial charge in [-0.1, -0.05) is 26.2 Å². The molecule has 0 fully saturated rings. The van der Waals surface area contributed by atoms with Gasteiger partial charge in [-0.05, 0) is 37.2 Å². The second-order valence-corrected chi connectivity index (χ2v) is 6.87. The quantitative estimate of drug-likeness (QED) is 0.710. The lowest BCUT2D eigenvalue weighted by Gasteiger charge is -2.06. The smallest absolute Gasteiger partial charge is 0.179 e. The fourth-order valence-electron chi connectivity index (χ4n) is 1.86. The number of nitrogens with zero attached hydrogens (tertiary/aromatic N) is 1. The second-order valence-electron chi connectivity index (χ2n) is 4.77. The summed E-state index contributed by atoms with van der Waals surface area (Å²) in [4.78, 5) is 0.282. The summed E-state index contributed by atoms with van der Waals surface area (Å²) in [6.07, 6.45) is 4.70. The maximum atomic E-state index is 12.0. The standard InChI is InChI=1S/C15H22N2O2S/c1-2-3-4-5-10-17-11-12-20(18,19)15-8-6-14(13-16)7-9-15/h6-9,17H,2-5,10-12H2,1H3. The van der Waals surface area contributed by atoms with Crippen molar-refractivity contribution in [3.05, 3.63) is 29.8 Å². The van der Waals surface area contributed by atoms with Gasteiger partial charge in [-0.2, -0.15) is 5.26 Å². The number of nitriles is 1. The Hall–Kier alpha value is -1.38. The van der Waals surface area contributed by atoms with Crippen molar-refractivity contribution in [2.75, 3.05) is 18.8 Å². The van der Waals surface area contributed by atoms with E-state index < -0.39 is 9.84 Å². The van der Waals surface area contributed by atoms with Crippen molar-refractivity contribution >= 4 is 9.84 Å². The van der Waals surface area contributed by atoms with Crippen LogP contribution >= 0.6 is 0 Å². The van der Waals surface area contributed by atoms with Gasteiger partial charge in [-0.25, -0.2) is 8.42 Å². The largest absolute Gasteiger partial charge is 0.316 e. The summed E-state index contributed by atoms with van der Waals surface area (Å²) in [5.74, 6) is 0.0900. The number of unbranched alkanes of at least 4 members (excludes halogenated alkanes) is 3. The third-order valence-electron chi connectivity index (χ3n) is 3.10. The highest BCUT2D eigenvalue weighted by Gasteiger charge is 2.13. The van der Waals surface area contributed by atoms with Crippen molar-refractivity contribution in [3.8, 4) is 6.07 Å². The summed E-state index contributed by atoms with van der Waals surface area (Å²) in [6, 6.07) is 8.03. The van der Waals surface area contributed by atoms with E-state index in [-0.39, 0.29) is 10.6 Å². The molecule has 5 heteroatoms. The van der Waals surface area contributed by atoms with E-state index in [9.17, 15) is 8.42 Å². The van der Waals surface area contributed by atoms with E-state index in [1.165, 1.54) is 43.5 Å². The van der Waals surface area contributed by atoms with Crippen LogP contribution in [0.15, 0.2) is 29.2 Å². The van der Waals surface area contributed by atoms with E-state index in [0.29, 0.717) is 12.1 Å². The van der Waals surface area contributed by atoms with Crippen LogP contribution < -0.4 is 5.32 Å². The van der Waals surface area contributed by atoms with E-state index in [4.69, 9.17) is 5.26 Å². The Bertz CT molecular complexity index is 530. The number of benzene rings is 1. The van der Waals surface area contributed by atoms with Gasteiger partial charge in [0.05, 0.1) is 22.3 Å². The summed E-state index contributed by atoms with van der Waals surface area (Å²) in [5.41, 5.74) is 0.470. The number of nitrogens with one attached hydrogen (secondary N) is 1. The molecule has 0 amide bonds. The third-order valence-corrected chi connectivity index (χ3v) is 4.83. The zero-order chi connectivity index (χ0) is 14.8. The van der Waals surface area contributed by atoms with Crippen LogP contribution in [0.5, 0.6) is 0 Å². The molecule has 0 aliphatic heterocycles. The second kappa shape index (κ2) is 8.72. The molecule has 4 nitrogen and oxygen atoms in total. The van der Waals surface area contributed by atoms with Crippen LogP contribution in [0, 0.1) is 11.3 Å². The van der Waals surface area contributed by atoms with Gasteiger partial charge in [0.2, 0.25) is 0 Å². The molecular formula is C15H22N2O2S. The van der Waals surface area contributed by atoms with Crippen molar-refractivity contribution in [2.24, 2.45) is 0 Å². The van der Waals surface area contributed by atoms with E-state index in [0.717, 1.165) is 13.0 Å². The first-order valence-electron chi connectivity index (χ1n) is 7.04. The van der Waals surface area contributed by atoms with E-state index in [1.54, 1.807) is 0 Å². The first kappa shape index (κ1) is 16.7. The van der Waals surface area contributed by atoms with Gasteiger partial charge in [0, 0.05) is 6.54 Å². The first-order chi connectivity index (χ1) is 9.60. The summed E-state index contributed by atoms with van der Waals surface area (Å²) < 4.78 is 24.1. The highest BCUT2D eigenvalue weighted by Crippen LogP contribution is 2.11. The summed E-state index contributed by atoms with van der Waals surface area (Å²) in [5, 5.41) is 11.8. The van der Waals surface area contributed by atoms with Crippen LogP contribution in [-0.4, -0.2) is 27.3 Å². The lowest BCUT2D eigenvalue weighted by Crippen LogP contribution is -2.24. The molecular weight excluding hydrogens is 272 g/mol. The van der Waals surface area contributed by atoms with Crippen LogP contribution in [0.1, 0.15) is 38.2 Å². The number of rotatable bonds is 9. The SMILES string of the molecule is CCCCCCNCCS(=O)(=O)c1ccc(C#N)cc1.